The van der Waals surface area contributed by atoms with Crippen molar-refractivity contribution in [1.82, 2.24) is 10.2 Å². The summed E-state index contributed by atoms with van der Waals surface area (Å²) in [6.07, 6.45) is 0.997. The van der Waals surface area contributed by atoms with Crippen LogP contribution in [0.5, 0.6) is 5.75 Å². The van der Waals surface area contributed by atoms with Crippen LogP contribution in [0.15, 0.2) is 30.3 Å². The van der Waals surface area contributed by atoms with Gasteiger partial charge in [-0.05, 0) is 18.1 Å². The van der Waals surface area contributed by atoms with Crippen molar-refractivity contribution in [2.45, 2.75) is 26.4 Å². The third-order valence-electron chi connectivity index (χ3n) is 3.14. The number of nitrogens with one attached hydrogen (secondary N) is 1. The van der Waals surface area contributed by atoms with E-state index in [9.17, 15) is 4.79 Å². The fourth-order valence-electron chi connectivity index (χ4n) is 2.10. The van der Waals surface area contributed by atoms with Crippen molar-refractivity contribution in [2.75, 3.05) is 19.6 Å². The molecule has 0 saturated carbocycles. The molecule has 104 valence electrons. The molecule has 19 heavy (non-hydrogen) atoms. The summed E-state index contributed by atoms with van der Waals surface area (Å²) in [4.78, 5) is 13.7. The Morgan fingerprint density at radius 2 is 2.16 bits per heavy atom. The summed E-state index contributed by atoms with van der Waals surface area (Å²) in [6.45, 7) is 6.33. The average molecular weight is 262 g/mol. The van der Waals surface area contributed by atoms with Crippen molar-refractivity contribution < 1.29 is 9.53 Å². The first-order chi connectivity index (χ1) is 9.15. The van der Waals surface area contributed by atoms with Crippen molar-refractivity contribution in [3.8, 4) is 5.75 Å². The summed E-state index contributed by atoms with van der Waals surface area (Å²) in [6, 6.07) is 9.79. The summed E-state index contributed by atoms with van der Waals surface area (Å²) in [7, 11) is 0. The van der Waals surface area contributed by atoms with E-state index in [-0.39, 0.29) is 12.1 Å². The Labute approximate surface area is 114 Å². The zero-order chi connectivity index (χ0) is 13.7. The number of para-hydroxylation sites is 1. The molecule has 1 aliphatic rings. The second kappa shape index (κ2) is 6.45. The molecule has 4 heteroatoms. The van der Waals surface area contributed by atoms with Gasteiger partial charge in [-0.3, -0.25) is 0 Å². The van der Waals surface area contributed by atoms with E-state index in [1.54, 1.807) is 0 Å². The van der Waals surface area contributed by atoms with Gasteiger partial charge in [0.1, 0.15) is 11.9 Å². The van der Waals surface area contributed by atoms with Gasteiger partial charge in [-0.2, -0.15) is 0 Å². The van der Waals surface area contributed by atoms with Gasteiger partial charge in [0, 0.05) is 19.5 Å². The second-order valence-corrected chi connectivity index (χ2v) is 5.37. The molecule has 1 fully saturated rings. The number of rotatable bonds is 4. The fraction of sp³-hybridized carbons (Fsp3) is 0.533. The Morgan fingerprint density at radius 3 is 2.84 bits per heavy atom. The number of benzene rings is 1. The van der Waals surface area contributed by atoms with Gasteiger partial charge in [0.05, 0.1) is 6.54 Å². The number of urea groups is 1. The lowest BCUT2D eigenvalue weighted by atomic mass is 10.2. The van der Waals surface area contributed by atoms with E-state index in [1.807, 2.05) is 35.2 Å². The van der Waals surface area contributed by atoms with Crippen molar-refractivity contribution in [2.24, 2.45) is 5.92 Å². The normalized spacial score (nSPS) is 18.7. The van der Waals surface area contributed by atoms with Crippen LogP contribution in [0.25, 0.3) is 0 Å². The first-order valence-electron chi connectivity index (χ1n) is 6.89. The molecule has 1 heterocycles. The Hall–Kier alpha value is -1.71. The molecule has 1 saturated heterocycles. The number of hydrogen-bond acceptors (Lipinski definition) is 2. The number of carbonyl (C=O) groups excluding carboxylic acids is 1. The largest absolute Gasteiger partial charge is 0.489 e. The van der Waals surface area contributed by atoms with E-state index < -0.39 is 0 Å². The Bertz CT molecular complexity index is 406. The molecule has 0 spiro atoms. The molecule has 1 unspecified atom stereocenters. The molecular formula is C15H22N2O2. The van der Waals surface area contributed by atoms with E-state index in [0.717, 1.165) is 25.3 Å². The van der Waals surface area contributed by atoms with E-state index >= 15 is 0 Å². The van der Waals surface area contributed by atoms with Crippen molar-refractivity contribution in [3.05, 3.63) is 30.3 Å². The molecule has 0 aromatic heterocycles. The summed E-state index contributed by atoms with van der Waals surface area (Å²) >= 11 is 0. The van der Waals surface area contributed by atoms with Crippen LogP contribution < -0.4 is 10.1 Å². The molecule has 0 bridgehead atoms. The molecule has 1 atom stereocenters. The monoisotopic (exact) mass is 262 g/mol. The SMILES string of the molecule is CC(C)CNC(=O)N1CCC(Oc2ccccc2)C1. The maximum Gasteiger partial charge on any atom is 0.317 e. The van der Waals surface area contributed by atoms with Crippen molar-refractivity contribution in [3.63, 3.8) is 0 Å². The molecule has 0 radical (unpaired) electrons. The molecule has 1 N–H and O–H groups in total. The Kier molecular flexibility index (Phi) is 4.66. The standard InChI is InChI=1S/C15H22N2O2/c1-12(2)10-16-15(18)17-9-8-14(11-17)19-13-6-4-3-5-7-13/h3-7,12,14H,8-11H2,1-2H3,(H,16,18). The zero-order valence-electron chi connectivity index (χ0n) is 11.6. The van der Waals surface area contributed by atoms with Gasteiger partial charge < -0.3 is 15.0 Å². The fourth-order valence-corrected chi connectivity index (χ4v) is 2.10. The first-order valence-corrected chi connectivity index (χ1v) is 6.89. The summed E-state index contributed by atoms with van der Waals surface area (Å²) in [5.74, 6) is 1.35. The highest BCUT2D eigenvalue weighted by Crippen LogP contribution is 2.17. The minimum Gasteiger partial charge on any atom is -0.489 e. The summed E-state index contributed by atoms with van der Waals surface area (Å²) in [5, 5.41) is 2.94. The summed E-state index contributed by atoms with van der Waals surface area (Å²) in [5.41, 5.74) is 0. The average Bonchev–Trinajstić information content (AvgIpc) is 2.85. The molecule has 1 aliphatic heterocycles. The lowest BCUT2D eigenvalue weighted by Crippen LogP contribution is -2.40. The molecule has 2 amide bonds. The molecule has 0 aliphatic carbocycles. The van der Waals surface area contributed by atoms with Crippen molar-refractivity contribution >= 4 is 6.03 Å². The first kappa shape index (κ1) is 13.7. The van der Waals surface area contributed by atoms with E-state index in [0.29, 0.717) is 12.5 Å². The van der Waals surface area contributed by atoms with Gasteiger partial charge in [-0.25, -0.2) is 4.79 Å². The van der Waals surface area contributed by atoms with E-state index in [2.05, 4.69) is 19.2 Å². The predicted octanol–water partition coefficient (Wildman–Crippen LogP) is 2.51. The lowest BCUT2D eigenvalue weighted by Gasteiger charge is -2.18. The number of nitrogens with zero attached hydrogens (tertiary/aromatic N) is 1. The number of carbonyl (C=O) groups is 1. The van der Waals surface area contributed by atoms with Gasteiger partial charge in [0.15, 0.2) is 0 Å². The van der Waals surface area contributed by atoms with Gasteiger partial charge >= 0.3 is 6.03 Å². The predicted molar refractivity (Wildman–Crippen MR) is 75.3 cm³/mol. The van der Waals surface area contributed by atoms with Crippen LogP contribution in [0.2, 0.25) is 0 Å². The number of likely N-dealkylation sites (tertiary alicyclic amines) is 1. The van der Waals surface area contributed by atoms with E-state index in [1.165, 1.54) is 0 Å². The van der Waals surface area contributed by atoms with Crippen LogP contribution in [-0.2, 0) is 0 Å². The molecular weight excluding hydrogens is 240 g/mol. The van der Waals surface area contributed by atoms with Crippen LogP contribution in [0.3, 0.4) is 0 Å². The van der Waals surface area contributed by atoms with Gasteiger partial charge in [-0.15, -0.1) is 0 Å². The van der Waals surface area contributed by atoms with Gasteiger partial charge in [-0.1, -0.05) is 32.0 Å². The number of ether oxygens (including phenoxy) is 1. The highest BCUT2D eigenvalue weighted by atomic mass is 16.5. The molecule has 4 nitrogen and oxygen atoms in total. The van der Waals surface area contributed by atoms with Crippen molar-refractivity contribution in [1.29, 1.82) is 0 Å². The number of amides is 2. The van der Waals surface area contributed by atoms with Crippen LogP contribution >= 0.6 is 0 Å². The Morgan fingerprint density at radius 1 is 1.42 bits per heavy atom. The van der Waals surface area contributed by atoms with Gasteiger partial charge in [0.2, 0.25) is 0 Å². The maximum atomic E-state index is 11.9. The van der Waals surface area contributed by atoms with Gasteiger partial charge in [0.25, 0.3) is 0 Å². The quantitative estimate of drug-likeness (QED) is 0.906. The third kappa shape index (κ3) is 4.16. The minimum atomic E-state index is 0.0212. The minimum absolute atomic E-state index is 0.0212. The smallest absolute Gasteiger partial charge is 0.317 e. The molecule has 2 rings (SSSR count). The van der Waals surface area contributed by atoms with E-state index in [4.69, 9.17) is 4.74 Å². The number of hydrogen-bond donors (Lipinski definition) is 1. The topological polar surface area (TPSA) is 41.6 Å². The zero-order valence-corrected chi connectivity index (χ0v) is 11.6. The van der Waals surface area contributed by atoms with Crippen LogP contribution in [0.1, 0.15) is 20.3 Å². The van der Waals surface area contributed by atoms with Crippen LogP contribution in [0, 0.1) is 5.92 Å². The Balaban J connectivity index is 1.78. The maximum absolute atomic E-state index is 11.9. The molecule has 1 aromatic rings. The highest BCUT2D eigenvalue weighted by molar-refractivity contribution is 5.74. The second-order valence-electron chi connectivity index (χ2n) is 5.37. The van der Waals surface area contributed by atoms with Crippen LogP contribution in [-0.4, -0.2) is 36.7 Å². The third-order valence-corrected chi connectivity index (χ3v) is 3.14. The van der Waals surface area contributed by atoms with Crippen LogP contribution in [0.4, 0.5) is 4.79 Å². The summed E-state index contributed by atoms with van der Waals surface area (Å²) < 4.78 is 5.86. The molecule has 1 aromatic carbocycles. The highest BCUT2D eigenvalue weighted by Gasteiger charge is 2.27. The lowest BCUT2D eigenvalue weighted by molar-refractivity contribution is 0.186.